The first-order chi connectivity index (χ1) is 8.75. The molecule has 3 rings (SSSR count). The van der Waals surface area contributed by atoms with E-state index in [1.807, 2.05) is 24.3 Å². The van der Waals surface area contributed by atoms with Crippen LogP contribution in [0.25, 0.3) is 0 Å². The second-order valence-corrected chi connectivity index (χ2v) is 5.36. The van der Waals surface area contributed by atoms with Crippen LogP contribution in [0.3, 0.4) is 0 Å². The van der Waals surface area contributed by atoms with Crippen molar-refractivity contribution in [3.8, 4) is 11.5 Å². The van der Waals surface area contributed by atoms with Crippen molar-refractivity contribution in [2.45, 2.75) is 19.1 Å². The number of rotatable bonds is 2. The molecule has 0 saturated heterocycles. The Kier molecular flexibility index (Phi) is 2.97. The maximum absolute atomic E-state index is 6.28. The van der Waals surface area contributed by atoms with Crippen molar-refractivity contribution in [3.05, 3.63) is 46.2 Å². The van der Waals surface area contributed by atoms with Gasteiger partial charge in [0.15, 0.2) is 17.6 Å². The van der Waals surface area contributed by atoms with Crippen LogP contribution in [0, 0.1) is 6.92 Å². The number of hydrogen-bond acceptors (Lipinski definition) is 4. The quantitative estimate of drug-likeness (QED) is 0.904. The lowest BCUT2D eigenvalue weighted by atomic mass is 10.1. The Labute approximate surface area is 110 Å². The van der Waals surface area contributed by atoms with Crippen LogP contribution in [0.15, 0.2) is 35.7 Å². The maximum atomic E-state index is 6.28. The summed E-state index contributed by atoms with van der Waals surface area (Å²) in [5.41, 5.74) is 7.50. The van der Waals surface area contributed by atoms with E-state index in [1.165, 1.54) is 10.4 Å². The van der Waals surface area contributed by atoms with Gasteiger partial charge in [0, 0.05) is 4.88 Å². The van der Waals surface area contributed by atoms with Gasteiger partial charge in [-0.1, -0.05) is 12.1 Å². The zero-order chi connectivity index (χ0) is 12.5. The summed E-state index contributed by atoms with van der Waals surface area (Å²) in [7, 11) is 0. The number of para-hydroxylation sites is 2. The molecule has 2 aromatic rings. The topological polar surface area (TPSA) is 44.5 Å². The Morgan fingerprint density at radius 2 is 2.06 bits per heavy atom. The van der Waals surface area contributed by atoms with Gasteiger partial charge in [-0.05, 0) is 36.1 Å². The molecule has 2 heterocycles. The molecule has 0 radical (unpaired) electrons. The van der Waals surface area contributed by atoms with E-state index >= 15 is 0 Å². The molecular weight excluding hydrogens is 246 g/mol. The van der Waals surface area contributed by atoms with E-state index in [1.54, 1.807) is 11.3 Å². The summed E-state index contributed by atoms with van der Waals surface area (Å²) in [6, 6.07) is 9.64. The first-order valence-corrected chi connectivity index (χ1v) is 6.82. The van der Waals surface area contributed by atoms with E-state index in [4.69, 9.17) is 15.2 Å². The maximum Gasteiger partial charge on any atom is 0.161 e. The predicted molar refractivity (Wildman–Crippen MR) is 72.3 cm³/mol. The second kappa shape index (κ2) is 4.63. The third-order valence-corrected chi connectivity index (χ3v) is 4.26. The lowest BCUT2D eigenvalue weighted by Crippen LogP contribution is -2.38. The molecule has 1 aliphatic heterocycles. The van der Waals surface area contributed by atoms with Crippen LogP contribution < -0.4 is 15.2 Å². The Balaban J connectivity index is 1.82. The molecule has 2 unspecified atom stereocenters. The van der Waals surface area contributed by atoms with Gasteiger partial charge in [0.25, 0.3) is 0 Å². The Morgan fingerprint density at radius 3 is 2.78 bits per heavy atom. The summed E-state index contributed by atoms with van der Waals surface area (Å²) in [5, 5.41) is 2.06. The van der Waals surface area contributed by atoms with Crippen molar-refractivity contribution in [2.75, 3.05) is 6.61 Å². The molecule has 0 amide bonds. The minimum Gasteiger partial charge on any atom is -0.486 e. The van der Waals surface area contributed by atoms with Gasteiger partial charge in [-0.15, -0.1) is 11.3 Å². The van der Waals surface area contributed by atoms with Crippen LogP contribution in [0.2, 0.25) is 0 Å². The highest BCUT2D eigenvalue weighted by Crippen LogP contribution is 2.35. The first kappa shape index (κ1) is 11.6. The zero-order valence-electron chi connectivity index (χ0n) is 10.1. The van der Waals surface area contributed by atoms with Gasteiger partial charge in [-0.25, -0.2) is 0 Å². The highest BCUT2D eigenvalue weighted by atomic mass is 32.1. The van der Waals surface area contributed by atoms with Crippen molar-refractivity contribution in [2.24, 2.45) is 5.73 Å². The smallest absolute Gasteiger partial charge is 0.161 e. The molecule has 0 bridgehead atoms. The van der Waals surface area contributed by atoms with Crippen LogP contribution in [0.5, 0.6) is 11.5 Å². The fraction of sp³-hybridized carbons (Fsp3) is 0.286. The first-order valence-electron chi connectivity index (χ1n) is 5.94. The molecule has 0 saturated carbocycles. The summed E-state index contributed by atoms with van der Waals surface area (Å²) < 4.78 is 11.6. The SMILES string of the molecule is Cc1ccsc1C(N)C1COc2ccccc2O1. The van der Waals surface area contributed by atoms with E-state index in [2.05, 4.69) is 18.4 Å². The fourth-order valence-corrected chi connectivity index (χ4v) is 3.09. The number of fused-ring (bicyclic) bond motifs is 1. The van der Waals surface area contributed by atoms with Gasteiger partial charge in [-0.3, -0.25) is 0 Å². The van der Waals surface area contributed by atoms with Gasteiger partial charge in [0.1, 0.15) is 6.61 Å². The van der Waals surface area contributed by atoms with Crippen molar-refractivity contribution in [3.63, 3.8) is 0 Å². The van der Waals surface area contributed by atoms with Gasteiger partial charge in [0.2, 0.25) is 0 Å². The summed E-state index contributed by atoms with van der Waals surface area (Å²) in [5.74, 6) is 1.57. The molecule has 4 heteroatoms. The molecule has 1 aromatic carbocycles. The van der Waals surface area contributed by atoms with E-state index in [9.17, 15) is 0 Å². The van der Waals surface area contributed by atoms with E-state index in [-0.39, 0.29) is 12.1 Å². The van der Waals surface area contributed by atoms with Gasteiger partial charge < -0.3 is 15.2 Å². The summed E-state index contributed by atoms with van der Waals surface area (Å²) in [6.07, 6.45) is -0.128. The lowest BCUT2D eigenvalue weighted by molar-refractivity contribution is 0.0728. The normalized spacial score (nSPS) is 19.6. The standard InChI is InChI=1S/C14H15NO2S/c1-9-6-7-18-14(9)13(15)12-8-16-10-4-2-3-5-11(10)17-12/h2-7,12-13H,8,15H2,1H3. The predicted octanol–water partition coefficient (Wildman–Crippen LogP) is 2.90. The van der Waals surface area contributed by atoms with Crippen molar-refractivity contribution < 1.29 is 9.47 Å². The zero-order valence-corrected chi connectivity index (χ0v) is 10.9. The molecule has 3 nitrogen and oxygen atoms in total. The van der Waals surface area contributed by atoms with Crippen molar-refractivity contribution in [1.82, 2.24) is 0 Å². The Morgan fingerprint density at radius 1 is 1.28 bits per heavy atom. The summed E-state index contributed by atoms with van der Waals surface area (Å²) >= 11 is 1.67. The average molecular weight is 261 g/mol. The lowest BCUT2D eigenvalue weighted by Gasteiger charge is -2.30. The molecule has 0 aliphatic carbocycles. The van der Waals surface area contributed by atoms with E-state index < -0.39 is 0 Å². The highest BCUT2D eigenvalue weighted by molar-refractivity contribution is 7.10. The van der Waals surface area contributed by atoms with Crippen LogP contribution in [0.4, 0.5) is 0 Å². The van der Waals surface area contributed by atoms with Gasteiger partial charge in [-0.2, -0.15) is 0 Å². The number of nitrogens with two attached hydrogens (primary N) is 1. The fourth-order valence-electron chi connectivity index (χ4n) is 2.11. The third-order valence-electron chi connectivity index (χ3n) is 3.14. The Hall–Kier alpha value is -1.52. The largest absolute Gasteiger partial charge is 0.486 e. The molecule has 1 aliphatic rings. The van der Waals surface area contributed by atoms with Gasteiger partial charge >= 0.3 is 0 Å². The number of thiophene rings is 1. The monoisotopic (exact) mass is 261 g/mol. The van der Waals surface area contributed by atoms with Crippen LogP contribution in [-0.4, -0.2) is 12.7 Å². The minimum absolute atomic E-state index is 0.128. The number of benzene rings is 1. The van der Waals surface area contributed by atoms with E-state index in [0.717, 1.165) is 11.5 Å². The van der Waals surface area contributed by atoms with Crippen molar-refractivity contribution >= 4 is 11.3 Å². The average Bonchev–Trinajstić information content (AvgIpc) is 2.83. The molecule has 0 spiro atoms. The van der Waals surface area contributed by atoms with Crippen LogP contribution in [-0.2, 0) is 0 Å². The number of hydrogen-bond donors (Lipinski definition) is 1. The second-order valence-electron chi connectivity index (χ2n) is 4.41. The van der Waals surface area contributed by atoms with Crippen LogP contribution in [0.1, 0.15) is 16.5 Å². The summed E-state index contributed by atoms with van der Waals surface area (Å²) in [4.78, 5) is 1.17. The third kappa shape index (κ3) is 1.98. The molecule has 1 aromatic heterocycles. The van der Waals surface area contributed by atoms with Crippen LogP contribution >= 0.6 is 11.3 Å². The Bertz CT molecular complexity index is 552. The summed E-state index contributed by atoms with van der Waals surface area (Å²) in [6.45, 7) is 2.57. The number of aryl methyl sites for hydroxylation is 1. The molecule has 2 atom stereocenters. The van der Waals surface area contributed by atoms with Crippen molar-refractivity contribution in [1.29, 1.82) is 0 Å². The molecule has 0 fully saturated rings. The highest BCUT2D eigenvalue weighted by Gasteiger charge is 2.28. The van der Waals surface area contributed by atoms with Gasteiger partial charge in [0.05, 0.1) is 6.04 Å². The van der Waals surface area contributed by atoms with E-state index in [0.29, 0.717) is 6.61 Å². The minimum atomic E-state index is -0.140. The number of ether oxygens (including phenoxy) is 2. The molecule has 94 valence electrons. The molecule has 2 N–H and O–H groups in total. The molecule has 18 heavy (non-hydrogen) atoms. The molecular formula is C14H15NO2S.